The zero-order valence-electron chi connectivity index (χ0n) is 13.5. The van der Waals surface area contributed by atoms with E-state index in [0.717, 1.165) is 38.3 Å². The molecule has 1 fully saturated rings. The summed E-state index contributed by atoms with van der Waals surface area (Å²) >= 11 is 5.50. The summed E-state index contributed by atoms with van der Waals surface area (Å²) in [6.45, 7) is 8.55. The van der Waals surface area contributed by atoms with Crippen LogP contribution in [0.5, 0.6) is 0 Å². The van der Waals surface area contributed by atoms with Crippen LogP contribution in [0.25, 0.3) is 0 Å². The number of halogens is 1. The maximum absolute atomic E-state index is 6.40. The Morgan fingerprint density at radius 3 is 2.86 bits per heavy atom. The van der Waals surface area contributed by atoms with Gasteiger partial charge < -0.3 is 10.1 Å². The normalized spacial score (nSPS) is 27.7. The first-order valence-corrected chi connectivity index (χ1v) is 9.95. The third-order valence-electron chi connectivity index (χ3n) is 4.50. The maximum Gasteiger partial charge on any atom is 0.0879 e. The first-order valence-electron chi connectivity index (χ1n) is 8.22. The lowest BCUT2D eigenvalue weighted by Crippen LogP contribution is -2.49. The quantitative estimate of drug-likeness (QED) is 0.677. The number of ether oxygens (including phenoxy) is 1. The molecule has 0 amide bonds. The predicted molar refractivity (Wildman–Crippen MR) is 95.0 cm³/mol. The van der Waals surface area contributed by atoms with Crippen LogP contribution in [-0.4, -0.2) is 18.8 Å². The fourth-order valence-corrected chi connectivity index (χ4v) is 5.23. The fourth-order valence-electron chi connectivity index (χ4n) is 3.67. The highest BCUT2D eigenvalue weighted by Crippen LogP contribution is 2.45. The van der Waals surface area contributed by atoms with Gasteiger partial charge in [0.05, 0.1) is 11.6 Å². The van der Waals surface area contributed by atoms with Crippen molar-refractivity contribution in [3.05, 3.63) is 20.8 Å². The summed E-state index contributed by atoms with van der Waals surface area (Å²) in [5.41, 5.74) is 1.32. The molecule has 21 heavy (non-hydrogen) atoms. The van der Waals surface area contributed by atoms with Gasteiger partial charge in [-0.3, -0.25) is 0 Å². The monoisotopic (exact) mass is 373 g/mol. The molecule has 120 valence electrons. The number of rotatable bonds is 7. The van der Waals surface area contributed by atoms with Gasteiger partial charge in [-0.25, -0.2) is 0 Å². The second-order valence-corrected chi connectivity index (χ2v) is 7.86. The van der Waals surface area contributed by atoms with Crippen molar-refractivity contribution < 1.29 is 4.74 Å². The second kappa shape index (κ2) is 8.09. The van der Waals surface area contributed by atoms with Gasteiger partial charge in [0.25, 0.3) is 0 Å². The van der Waals surface area contributed by atoms with E-state index in [0.29, 0.717) is 6.04 Å². The molecular formula is C17H28BrNOS. The van der Waals surface area contributed by atoms with E-state index in [2.05, 4.69) is 52.8 Å². The van der Waals surface area contributed by atoms with Crippen molar-refractivity contribution in [1.82, 2.24) is 5.32 Å². The standard InChI is InChI=1S/C17H28BrNOS/c1-4-9-19-16(14-11-21-12-15(14)18)17(20-5-2)8-6-7-13(3)10-17/h11-13,16,19H,4-10H2,1-3H3. The van der Waals surface area contributed by atoms with Crippen LogP contribution in [0, 0.1) is 5.92 Å². The van der Waals surface area contributed by atoms with E-state index >= 15 is 0 Å². The average Bonchev–Trinajstić information content (AvgIpc) is 2.86. The molecule has 1 aliphatic rings. The van der Waals surface area contributed by atoms with E-state index in [4.69, 9.17) is 4.74 Å². The van der Waals surface area contributed by atoms with Crippen LogP contribution in [0.3, 0.4) is 0 Å². The average molecular weight is 374 g/mol. The lowest BCUT2D eigenvalue weighted by molar-refractivity contribution is -0.102. The largest absolute Gasteiger partial charge is 0.373 e. The molecule has 4 heteroatoms. The molecule has 0 spiro atoms. The topological polar surface area (TPSA) is 21.3 Å². The van der Waals surface area contributed by atoms with Gasteiger partial charge in [0.1, 0.15) is 0 Å². The van der Waals surface area contributed by atoms with Gasteiger partial charge in [0.15, 0.2) is 0 Å². The van der Waals surface area contributed by atoms with E-state index in [-0.39, 0.29) is 5.60 Å². The number of thiophene rings is 1. The van der Waals surface area contributed by atoms with Gasteiger partial charge in [-0.1, -0.05) is 26.7 Å². The number of hydrogen-bond acceptors (Lipinski definition) is 3. The molecule has 1 heterocycles. The minimum absolute atomic E-state index is 0.0504. The Labute approximate surface area is 141 Å². The Morgan fingerprint density at radius 1 is 1.48 bits per heavy atom. The van der Waals surface area contributed by atoms with Crippen molar-refractivity contribution in [2.24, 2.45) is 5.92 Å². The Balaban J connectivity index is 2.32. The minimum atomic E-state index is -0.0504. The van der Waals surface area contributed by atoms with Gasteiger partial charge in [-0.05, 0) is 65.5 Å². The molecule has 0 radical (unpaired) electrons. The van der Waals surface area contributed by atoms with E-state index in [1.165, 1.54) is 22.9 Å². The highest BCUT2D eigenvalue weighted by molar-refractivity contribution is 9.10. The van der Waals surface area contributed by atoms with Crippen molar-refractivity contribution in [1.29, 1.82) is 0 Å². The fraction of sp³-hybridized carbons (Fsp3) is 0.765. The molecule has 0 saturated heterocycles. The summed E-state index contributed by atoms with van der Waals surface area (Å²) < 4.78 is 7.62. The van der Waals surface area contributed by atoms with E-state index in [9.17, 15) is 0 Å². The zero-order valence-corrected chi connectivity index (χ0v) is 15.9. The molecule has 1 saturated carbocycles. The summed E-state index contributed by atoms with van der Waals surface area (Å²) in [5, 5.41) is 8.24. The van der Waals surface area contributed by atoms with Crippen LogP contribution in [0.15, 0.2) is 15.2 Å². The smallest absolute Gasteiger partial charge is 0.0879 e. The van der Waals surface area contributed by atoms with Crippen molar-refractivity contribution in [3.63, 3.8) is 0 Å². The first-order chi connectivity index (χ1) is 10.1. The third-order valence-corrected chi connectivity index (χ3v) is 6.25. The van der Waals surface area contributed by atoms with Gasteiger partial charge in [-0.15, -0.1) is 0 Å². The molecule has 0 aromatic carbocycles. The molecule has 1 aliphatic carbocycles. The van der Waals surface area contributed by atoms with Crippen molar-refractivity contribution >= 4 is 27.3 Å². The van der Waals surface area contributed by atoms with Gasteiger partial charge in [0.2, 0.25) is 0 Å². The van der Waals surface area contributed by atoms with E-state index in [1.54, 1.807) is 11.3 Å². The highest BCUT2D eigenvalue weighted by Gasteiger charge is 2.44. The summed E-state index contributed by atoms with van der Waals surface area (Å²) in [7, 11) is 0. The van der Waals surface area contributed by atoms with Crippen LogP contribution < -0.4 is 5.32 Å². The first kappa shape index (κ1) is 17.5. The Kier molecular flexibility index (Phi) is 6.73. The molecule has 0 aliphatic heterocycles. The lowest BCUT2D eigenvalue weighted by Gasteiger charge is -2.45. The predicted octanol–water partition coefficient (Wildman–Crippen LogP) is 5.54. The van der Waals surface area contributed by atoms with Crippen molar-refractivity contribution in [2.45, 2.75) is 64.5 Å². The summed E-state index contributed by atoms with van der Waals surface area (Å²) in [6.07, 6.45) is 6.07. The summed E-state index contributed by atoms with van der Waals surface area (Å²) in [5.74, 6) is 0.744. The molecule has 1 aromatic rings. The Bertz CT molecular complexity index is 432. The SMILES string of the molecule is CCCNC(c1cscc1Br)C1(OCC)CCCC(C)C1. The van der Waals surface area contributed by atoms with E-state index in [1.807, 2.05) is 0 Å². The molecule has 0 bridgehead atoms. The van der Waals surface area contributed by atoms with Gasteiger partial charge in [-0.2, -0.15) is 11.3 Å². The zero-order chi connectivity index (χ0) is 15.3. The molecule has 3 atom stereocenters. The highest BCUT2D eigenvalue weighted by atomic mass is 79.9. The maximum atomic E-state index is 6.40. The minimum Gasteiger partial charge on any atom is -0.373 e. The molecule has 1 aromatic heterocycles. The second-order valence-electron chi connectivity index (χ2n) is 6.26. The molecule has 1 N–H and O–H groups in total. The van der Waals surface area contributed by atoms with Gasteiger partial charge >= 0.3 is 0 Å². The van der Waals surface area contributed by atoms with Crippen LogP contribution in [0.1, 0.15) is 64.5 Å². The summed E-state index contributed by atoms with van der Waals surface area (Å²) in [6, 6.07) is 0.292. The lowest BCUT2D eigenvalue weighted by atomic mass is 9.73. The number of nitrogens with one attached hydrogen (secondary N) is 1. The van der Waals surface area contributed by atoms with Crippen LogP contribution >= 0.6 is 27.3 Å². The van der Waals surface area contributed by atoms with Crippen LogP contribution in [0.2, 0.25) is 0 Å². The van der Waals surface area contributed by atoms with Crippen molar-refractivity contribution in [3.8, 4) is 0 Å². The van der Waals surface area contributed by atoms with Crippen LogP contribution in [-0.2, 0) is 4.74 Å². The molecule has 3 unspecified atom stereocenters. The number of hydrogen-bond donors (Lipinski definition) is 1. The molecular weight excluding hydrogens is 346 g/mol. The molecule has 2 rings (SSSR count). The summed E-state index contributed by atoms with van der Waals surface area (Å²) in [4.78, 5) is 0. The van der Waals surface area contributed by atoms with Crippen molar-refractivity contribution in [2.75, 3.05) is 13.2 Å². The van der Waals surface area contributed by atoms with Gasteiger partial charge in [0, 0.05) is 16.5 Å². The Hall–Kier alpha value is 0.1000. The Morgan fingerprint density at radius 2 is 2.29 bits per heavy atom. The van der Waals surface area contributed by atoms with Crippen LogP contribution in [0.4, 0.5) is 0 Å². The van der Waals surface area contributed by atoms with E-state index < -0.39 is 0 Å². The molecule has 2 nitrogen and oxygen atoms in total. The third kappa shape index (κ3) is 4.10.